The number of nitrogens with zero attached hydrogens (tertiary/aromatic N) is 2. The first-order valence-corrected chi connectivity index (χ1v) is 8.01. The topological polar surface area (TPSA) is 17.8 Å². The standard InChI is InChI=1S/C16H19BrN2/c17-15-10-6-2-5-9-14(15)16-11-12-18-19(16)13-7-3-1-4-8-13/h1,3-4,7-8,11-12,14-15H,2,5-6,9-10H2. The average molecular weight is 319 g/mol. The number of hydrogen-bond acceptors (Lipinski definition) is 1. The van der Waals surface area contributed by atoms with Crippen molar-refractivity contribution in [3.63, 3.8) is 0 Å². The van der Waals surface area contributed by atoms with Crippen LogP contribution >= 0.6 is 15.9 Å². The van der Waals surface area contributed by atoms with Crippen molar-refractivity contribution in [1.29, 1.82) is 0 Å². The van der Waals surface area contributed by atoms with Gasteiger partial charge in [0.05, 0.1) is 5.69 Å². The zero-order valence-corrected chi connectivity index (χ0v) is 12.6. The second-order valence-electron chi connectivity index (χ2n) is 5.26. The van der Waals surface area contributed by atoms with Gasteiger partial charge in [-0.15, -0.1) is 0 Å². The van der Waals surface area contributed by atoms with Crippen molar-refractivity contribution < 1.29 is 0 Å². The molecule has 0 spiro atoms. The smallest absolute Gasteiger partial charge is 0.0648 e. The lowest BCUT2D eigenvalue weighted by atomic mass is 9.96. The number of aromatic nitrogens is 2. The fourth-order valence-corrected chi connectivity index (χ4v) is 3.83. The van der Waals surface area contributed by atoms with Gasteiger partial charge in [0, 0.05) is 22.6 Å². The Kier molecular flexibility index (Phi) is 4.02. The molecule has 1 fully saturated rings. The van der Waals surface area contributed by atoms with Crippen molar-refractivity contribution in [2.45, 2.75) is 42.8 Å². The van der Waals surface area contributed by atoms with E-state index in [9.17, 15) is 0 Å². The number of alkyl halides is 1. The van der Waals surface area contributed by atoms with Gasteiger partial charge in [-0.25, -0.2) is 4.68 Å². The maximum atomic E-state index is 4.52. The van der Waals surface area contributed by atoms with Gasteiger partial charge in [0.15, 0.2) is 0 Å². The maximum absolute atomic E-state index is 4.52. The molecule has 19 heavy (non-hydrogen) atoms. The van der Waals surface area contributed by atoms with E-state index in [1.807, 2.05) is 12.3 Å². The van der Waals surface area contributed by atoms with E-state index in [-0.39, 0.29) is 0 Å². The molecule has 2 atom stereocenters. The summed E-state index contributed by atoms with van der Waals surface area (Å²) in [4.78, 5) is 0.578. The first kappa shape index (κ1) is 12.9. The Morgan fingerprint density at radius 1 is 1.00 bits per heavy atom. The van der Waals surface area contributed by atoms with Crippen molar-refractivity contribution in [3.8, 4) is 5.69 Å². The predicted molar refractivity (Wildman–Crippen MR) is 82.1 cm³/mol. The van der Waals surface area contributed by atoms with Gasteiger partial charge in [-0.2, -0.15) is 5.10 Å². The summed E-state index contributed by atoms with van der Waals surface area (Å²) in [5.74, 6) is 0.574. The van der Waals surface area contributed by atoms with Crippen molar-refractivity contribution in [3.05, 3.63) is 48.3 Å². The predicted octanol–water partition coefficient (Wildman–Crippen LogP) is 4.68. The van der Waals surface area contributed by atoms with Gasteiger partial charge < -0.3 is 0 Å². The zero-order valence-electron chi connectivity index (χ0n) is 11.0. The van der Waals surface area contributed by atoms with Gasteiger partial charge in [-0.3, -0.25) is 0 Å². The fraction of sp³-hybridized carbons (Fsp3) is 0.438. The number of benzene rings is 1. The molecule has 0 saturated heterocycles. The highest BCUT2D eigenvalue weighted by molar-refractivity contribution is 9.09. The van der Waals surface area contributed by atoms with Crippen molar-refractivity contribution >= 4 is 15.9 Å². The Morgan fingerprint density at radius 3 is 2.63 bits per heavy atom. The Hall–Kier alpha value is -1.09. The van der Waals surface area contributed by atoms with Crippen molar-refractivity contribution in [2.75, 3.05) is 0 Å². The highest BCUT2D eigenvalue weighted by atomic mass is 79.9. The van der Waals surface area contributed by atoms with Gasteiger partial charge in [0.1, 0.15) is 0 Å². The highest BCUT2D eigenvalue weighted by Crippen LogP contribution is 2.36. The summed E-state index contributed by atoms with van der Waals surface area (Å²) in [6.45, 7) is 0. The molecule has 1 aliphatic rings. The van der Waals surface area contributed by atoms with E-state index in [0.29, 0.717) is 10.7 Å². The van der Waals surface area contributed by atoms with E-state index < -0.39 is 0 Å². The summed E-state index contributed by atoms with van der Waals surface area (Å²) in [7, 11) is 0. The number of hydrogen-bond donors (Lipinski definition) is 0. The summed E-state index contributed by atoms with van der Waals surface area (Å²) < 4.78 is 2.10. The molecule has 2 unspecified atom stereocenters. The number of halogens is 1. The van der Waals surface area contributed by atoms with Crippen LogP contribution < -0.4 is 0 Å². The third-order valence-corrected chi connectivity index (χ3v) is 5.08. The quantitative estimate of drug-likeness (QED) is 0.580. The van der Waals surface area contributed by atoms with Crippen molar-refractivity contribution in [2.24, 2.45) is 0 Å². The second-order valence-corrected chi connectivity index (χ2v) is 6.44. The van der Waals surface area contributed by atoms with Gasteiger partial charge >= 0.3 is 0 Å². The molecule has 1 aliphatic carbocycles. The van der Waals surface area contributed by atoms with Crippen LogP contribution in [0.5, 0.6) is 0 Å². The van der Waals surface area contributed by atoms with Crippen LogP contribution in [0.1, 0.15) is 43.7 Å². The van der Waals surface area contributed by atoms with E-state index in [0.717, 1.165) is 5.69 Å². The van der Waals surface area contributed by atoms with Gasteiger partial charge in [-0.05, 0) is 31.0 Å². The van der Waals surface area contributed by atoms with Gasteiger partial charge in [-0.1, -0.05) is 53.4 Å². The molecule has 0 bridgehead atoms. The Balaban J connectivity index is 1.95. The van der Waals surface area contributed by atoms with E-state index >= 15 is 0 Å². The minimum absolute atomic E-state index is 0.574. The number of para-hydroxylation sites is 1. The van der Waals surface area contributed by atoms with Crippen LogP contribution in [0.15, 0.2) is 42.6 Å². The molecule has 3 heteroatoms. The molecule has 1 heterocycles. The summed E-state index contributed by atoms with van der Waals surface area (Å²) in [5, 5.41) is 4.52. The maximum Gasteiger partial charge on any atom is 0.0648 e. The van der Waals surface area contributed by atoms with Crippen LogP contribution in [-0.4, -0.2) is 14.6 Å². The van der Waals surface area contributed by atoms with Crippen LogP contribution in [0.25, 0.3) is 5.69 Å². The van der Waals surface area contributed by atoms with Crippen LogP contribution in [0.2, 0.25) is 0 Å². The molecule has 0 aliphatic heterocycles. The van der Waals surface area contributed by atoms with Gasteiger partial charge in [0.25, 0.3) is 0 Å². The van der Waals surface area contributed by atoms with Crippen LogP contribution in [0.3, 0.4) is 0 Å². The summed E-state index contributed by atoms with van der Waals surface area (Å²) >= 11 is 3.89. The van der Waals surface area contributed by atoms with Crippen LogP contribution in [0.4, 0.5) is 0 Å². The minimum Gasteiger partial charge on any atom is -0.238 e. The normalized spacial score (nSPS) is 24.1. The van der Waals surface area contributed by atoms with E-state index in [1.165, 1.54) is 37.8 Å². The number of rotatable bonds is 2. The molecule has 0 radical (unpaired) electrons. The lowest BCUT2D eigenvalue weighted by molar-refractivity contribution is 0.576. The molecule has 1 saturated carbocycles. The average Bonchev–Trinajstić information content (AvgIpc) is 2.83. The third kappa shape index (κ3) is 2.76. The molecule has 2 aromatic rings. The van der Waals surface area contributed by atoms with E-state index in [2.05, 4.69) is 56.0 Å². The Morgan fingerprint density at radius 2 is 1.79 bits per heavy atom. The molecule has 100 valence electrons. The fourth-order valence-electron chi connectivity index (χ4n) is 2.97. The lowest BCUT2D eigenvalue weighted by Crippen LogP contribution is -2.15. The molecule has 3 rings (SSSR count). The zero-order chi connectivity index (χ0) is 13.1. The third-order valence-electron chi connectivity index (χ3n) is 3.98. The first-order chi connectivity index (χ1) is 9.36. The molecular weight excluding hydrogens is 300 g/mol. The SMILES string of the molecule is BrC1CCCCCC1c1ccnn1-c1ccccc1. The molecule has 0 amide bonds. The minimum atomic E-state index is 0.574. The molecule has 1 aromatic carbocycles. The van der Waals surface area contributed by atoms with E-state index in [4.69, 9.17) is 0 Å². The molecular formula is C16H19BrN2. The summed E-state index contributed by atoms with van der Waals surface area (Å²) in [6, 6.07) is 12.6. The summed E-state index contributed by atoms with van der Waals surface area (Å²) in [5.41, 5.74) is 2.50. The largest absolute Gasteiger partial charge is 0.238 e. The van der Waals surface area contributed by atoms with Gasteiger partial charge in [0.2, 0.25) is 0 Å². The molecule has 1 aromatic heterocycles. The van der Waals surface area contributed by atoms with Crippen LogP contribution in [-0.2, 0) is 0 Å². The second kappa shape index (κ2) is 5.91. The monoisotopic (exact) mass is 318 g/mol. The molecule has 2 nitrogen and oxygen atoms in total. The lowest BCUT2D eigenvalue weighted by Gasteiger charge is -2.21. The summed E-state index contributed by atoms with van der Waals surface area (Å²) in [6.07, 6.45) is 8.47. The van der Waals surface area contributed by atoms with E-state index in [1.54, 1.807) is 0 Å². The van der Waals surface area contributed by atoms with Crippen LogP contribution in [0, 0.1) is 0 Å². The molecule has 0 N–H and O–H groups in total. The highest BCUT2D eigenvalue weighted by Gasteiger charge is 2.26. The first-order valence-electron chi connectivity index (χ1n) is 7.09. The van der Waals surface area contributed by atoms with Crippen molar-refractivity contribution in [1.82, 2.24) is 9.78 Å². The Labute approximate surface area is 123 Å². The Bertz CT molecular complexity index is 521.